The number of phenolic OH excluding ortho intramolecular Hbond substituents is 1. The van der Waals surface area contributed by atoms with E-state index >= 15 is 0 Å². The summed E-state index contributed by atoms with van der Waals surface area (Å²) in [6, 6.07) is 6.71. The maximum atomic E-state index is 14.8. The minimum absolute atomic E-state index is 0.0640. The molecule has 0 radical (unpaired) electrons. The van der Waals surface area contributed by atoms with Gasteiger partial charge < -0.3 is 19.6 Å². The molecule has 2 aliphatic rings. The van der Waals surface area contributed by atoms with Crippen LogP contribution in [-0.2, 0) is 11.3 Å². The predicted molar refractivity (Wildman–Crippen MR) is 132 cm³/mol. The van der Waals surface area contributed by atoms with E-state index in [1.54, 1.807) is 4.90 Å². The van der Waals surface area contributed by atoms with Crippen LogP contribution in [-0.4, -0.2) is 57.7 Å². The first-order valence-corrected chi connectivity index (χ1v) is 11.8. The van der Waals surface area contributed by atoms with Crippen molar-refractivity contribution in [3.8, 4) is 28.7 Å². The number of carbonyl (C=O) groups is 1. The van der Waals surface area contributed by atoms with Crippen molar-refractivity contribution in [2.24, 2.45) is 0 Å². The Kier molecular flexibility index (Phi) is 6.21. The van der Waals surface area contributed by atoms with Crippen LogP contribution in [0.2, 0.25) is 5.02 Å². The molecule has 12 heteroatoms. The van der Waals surface area contributed by atoms with E-state index in [0.717, 1.165) is 0 Å². The van der Waals surface area contributed by atoms with E-state index in [-0.39, 0.29) is 72.7 Å². The first-order chi connectivity index (χ1) is 17.7. The van der Waals surface area contributed by atoms with Gasteiger partial charge in [0.25, 0.3) is 5.91 Å². The average molecular weight is 528 g/mol. The zero-order valence-corrected chi connectivity index (χ0v) is 20.1. The van der Waals surface area contributed by atoms with E-state index in [0.29, 0.717) is 10.9 Å². The molecule has 1 aromatic heterocycles. The lowest BCUT2D eigenvalue weighted by molar-refractivity contribution is -0.131. The number of carbonyl (C=O) groups excluding carboxylic acids is 1. The Balaban J connectivity index is 1.69. The van der Waals surface area contributed by atoms with Gasteiger partial charge in [0.15, 0.2) is 11.6 Å². The van der Waals surface area contributed by atoms with Crippen molar-refractivity contribution < 1.29 is 23.4 Å². The van der Waals surface area contributed by atoms with Crippen molar-refractivity contribution in [1.29, 1.82) is 5.26 Å². The number of rotatable bonds is 4. The lowest BCUT2D eigenvalue weighted by Gasteiger charge is -2.41. The van der Waals surface area contributed by atoms with Gasteiger partial charge in [-0.2, -0.15) is 10.2 Å². The molecule has 190 valence electrons. The molecular weight excluding hydrogens is 508 g/mol. The van der Waals surface area contributed by atoms with Crippen LogP contribution < -0.4 is 15.3 Å². The molecule has 3 heterocycles. The van der Waals surface area contributed by atoms with Crippen molar-refractivity contribution >= 4 is 34.2 Å². The summed E-state index contributed by atoms with van der Waals surface area (Å²) >= 11 is 6.63. The molecule has 1 fully saturated rings. The molecule has 0 aliphatic carbocycles. The van der Waals surface area contributed by atoms with Crippen molar-refractivity contribution in [2.45, 2.75) is 19.0 Å². The first kappa shape index (κ1) is 24.5. The number of hydrogen-bond acceptors (Lipinski definition) is 7. The Morgan fingerprint density at radius 1 is 1.32 bits per heavy atom. The molecule has 5 rings (SSSR count). The Morgan fingerprint density at radius 2 is 2.11 bits per heavy atom. The second-order valence-electron chi connectivity index (χ2n) is 8.68. The Bertz CT molecular complexity index is 1550. The number of phenols is 1. The van der Waals surface area contributed by atoms with Crippen LogP contribution >= 0.6 is 11.6 Å². The summed E-state index contributed by atoms with van der Waals surface area (Å²) in [4.78, 5) is 32.6. The molecule has 1 N–H and O–H groups in total. The SMILES string of the molecule is C=C(F)C(=O)N1CCN(c2nc(=O)n3c4c(c(-c5c(O)cccc5F)c(Cl)cc24)OCC3)C[C@@H]1CC#N. The summed E-state index contributed by atoms with van der Waals surface area (Å²) < 4.78 is 35.7. The quantitative estimate of drug-likeness (QED) is 0.518. The highest BCUT2D eigenvalue weighted by Crippen LogP contribution is 2.48. The Hall–Kier alpha value is -4.17. The van der Waals surface area contributed by atoms with Crippen LogP contribution in [0, 0.1) is 17.1 Å². The van der Waals surface area contributed by atoms with Gasteiger partial charge in [-0.25, -0.2) is 13.6 Å². The molecule has 3 aromatic rings. The third-order valence-electron chi connectivity index (χ3n) is 6.56. The third kappa shape index (κ3) is 4.03. The zero-order chi connectivity index (χ0) is 26.4. The number of amides is 1. The number of nitriles is 1. The number of nitrogens with zero attached hydrogens (tertiary/aromatic N) is 5. The summed E-state index contributed by atoms with van der Waals surface area (Å²) in [6.45, 7) is 3.71. The zero-order valence-electron chi connectivity index (χ0n) is 19.4. The molecule has 1 amide bonds. The monoisotopic (exact) mass is 527 g/mol. The number of piperazine rings is 1. The summed E-state index contributed by atoms with van der Waals surface area (Å²) in [6.07, 6.45) is -0.0731. The highest BCUT2D eigenvalue weighted by Gasteiger charge is 2.34. The molecule has 0 unspecified atom stereocenters. The predicted octanol–water partition coefficient (Wildman–Crippen LogP) is 3.37. The third-order valence-corrected chi connectivity index (χ3v) is 6.85. The van der Waals surface area contributed by atoms with Crippen molar-refractivity contribution in [1.82, 2.24) is 14.5 Å². The number of benzene rings is 2. The fraction of sp³-hybridized carbons (Fsp3) is 0.280. The van der Waals surface area contributed by atoms with Crippen LogP contribution in [0.3, 0.4) is 0 Å². The summed E-state index contributed by atoms with van der Waals surface area (Å²) in [7, 11) is 0. The van der Waals surface area contributed by atoms with Gasteiger partial charge in [-0.1, -0.05) is 24.2 Å². The lowest BCUT2D eigenvalue weighted by atomic mass is 9.99. The van der Waals surface area contributed by atoms with Crippen molar-refractivity contribution in [3.05, 3.63) is 58.0 Å². The lowest BCUT2D eigenvalue weighted by Crippen LogP contribution is -2.55. The highest BCUT2D eigenvalue weighted by atomic mass is 35.5. The number of hydrogen-bond donors (Lipinski definition) is 1. The molecule has 1 atom stereocenters. The molecule has 0 saturated carbocycles. The first-order valence-electron chi connectivity index (χ1n) is 11.4. The molecule has 0 spiro atoms. The number of aromatic nitrogens is 2. The Morgan fingerprint density at radius 3 is 2.81 bits per heavy atom. The summed E-state index contributed by atoms with van der Waals surface area (Å²) in [5.74, 6) is -2.71. The second-order valence-corrected chi connectivity index (χ2v) is 9.08. The van der Waals surface area contributed by atoms with Crippen LogP contribution in [0.15, 0.2) is 41.5 Å². The van der Waals surface area contributed by atoms with E-state index < -0.39 is 29.3 Å². The minimum Gasteiger partial charge on any atom is -0.507 e. The van der Waals surface area contributed by atoms with Gasteiger partial charge in [-0.05, 0) is 18.2 Å². The van der Waals surface area contributed by atoms with E-state index in [2.05, 4.69) is 11.6 Å². The largest absolute Gasteiger partial charge is 0.507 e. The van der Waals surface area contributed by atoms with E-state index in [4.69, 9.17) is 16.3 Å². The average Bonchev–Trinajstić information content (AvgIpc) is 2.87. The highest BCUT2D eigenvalue weighted by molar-refractivity contribution is 6.35. The van der Waals surface area contributed by atoms with Crippen molar-refractivity contribution in [3.63, 3.8) is 0 Å². The maximum absolute atomic E-state index is 14.8. The fourth-order valence-corrected chi connectivity index (χ4v) is 5.22. The van der Waals surface area contributed by atoms with Crippen molar-refractivity contribution in [2.75, 3.05) is 31.1 Å². The van der Waals surface area contributed by atoms with Gasteiger partial charge in [0.2, 0.25) is 0 Å². The van der Waals surface area contributed by atoms with Crippen LogP contribution in [0.5, 0.6) is 11.5 Å². The van der Waals surface area contributed by atoms with E-state index in [9.17, 15) is 28.7 Å². The topological polar surface area (TPSA) is 112 Å². The van der Waals surface area contributed by atoms with Gasteiger partial charge in [-0.15, -0.1) is 0 Å². The fourth-order valence-electron chi connectivity index (χ4n) is 4.93. The molecule has 0 bridgehead atoms. The van der Waals surface area contributed by atoms with Crippen LogP contribution in [0.1, 0.15) is 6.42 Å². The van der Waals surface area contributed by atoms with E-state index in [1.807, 2.05) is 6.07 Å². The van der Waals surface area contributed by atoms with Gasteiger partial charge in [0.05, 0.1) is 46.7 Å². The smallest absolute Gasteiger partial charge is 0.350 e. The second kappa shape index (κ2) is 9.37. The number of aromatic hydroxyl groups is 1. The normalized spacial score (nSPS) is 16.9. The van der Waals surface area contributed by atoms with Gasteiger partial charge >= 0.3 is 5.69 Å². The molecule has 9 nitrogen and oxygen atoms in total. The molecule has 2 aliphatic heterocycles. The number of halogens is 3. The molecular formula is C25H20ClF2N5O4. The maximum Gasteiger partial charge on any atom is 0.350 e. The Labute approximate surface area is 214 Å². The molecule has 2 aromatic carbocycles. The molecule has 37 heavy (non-hydrogen) atoms. The van der Waals surface area contributed by atoms with Gasteiger partial charge in [0, 0.05) is 25.0 Å². The van der Waals surface area contributed by atoms with E-state index in [1.165, 1.54) is 33.7 Å². The van der Waals surface area contributed by atoms with Crippen LogP contribution in [0.25, 0.3) is 22.0 Å². The van der Waals surface area contributed by atoms with Crippen LogP contribution in [0.4, 0.5) is 14.6 Å². The minimum atomic E-state index is -1.12. The van der Waals surface area contributed by atoms with Gasteiger partial charge in [-0.3, -0.25) is 9.36 Å². The number of ether oxygens (including phenoxy) is 1. The summed E-state index contributed by atoms with van der Waals surface area (Å²) in [5, 5.41) is 20.2. The molecule has 1 saturated heterocycles. The number of anilines is 1. The standard InChI is InChI=1S/C25H20ClF2N5O4/c1-13(27)24(35)32-8-7-31(12-14(32)5-6-29)23-15-11-16(26)19(20-17(28)3-2-4-18(20)34)22-21(15)33(9-10-37-22)25(36)30-23/h2-4,11,14,34H,1,5,7-10,12H2/t14-/m0/s1. The van der Waals surface area contributed by atoms with Gasteiger partial charge in [0.1, 0.15) is 24.0 Å². The summed E-state index contributed by atoms with van der Waals surface area (Å²) in [5.41, 5.74) is -0.299.